The first-order valence-corrected chi connectivity index (χ1v) is 11.2. The molecule has 0 spiro atoms. The van der Waals surface area contributed by atoms with Gasteiger partial charge in [-0.2, -0.15) is 0 Å². The van der Waals surface area contributed by atoms with Crippen molar-refractivity contribution in [1.82, 2.24) is 5.32 Å². The molecule has 7 heteroatoms. The predicted octanol–water partition coefficient (Wildman–Crippen LogP) is 3.75. The van der Waals surface area contributed by atoms with Gasteiger partial charge in [-0.15, -0.1) is 0 Å². The molecule has 1 atom stereocenters. The summed E-state index contributed by atoms with van der Waals surface area (Å²) in [6, 6.07) is 13.2. The summed E-state index contributed by atoms with van der Waals surface area (Å²) in [5, 5.41) is 2.88. The lowest BCUT2D eigenvalue weighted by atomic mass is 10.1. The molecule has 0 aliphatic carbocycles. The lowest BCUT2D eigenvalue weighted by molar-refractivity contribution is -0.120. The Kier molecular flexibility index (Phi) is 7.67. The van der Waals surface area contributed by atoms with Crippen molar-refractivity contribution in [2.75, 3.05) is 17.5 Å². The molecule has 2 aromatic rings. The van der Waals surface area contributed by atoms with E-state index in [1.165, 1.54) is 12.1 Å². The highest BCUT2D eigenvalue weighted by molar-refractivity contribution is 7.92. The van der Waals surface area contributed by atoms with Gasteiger partial charge in [-0.3, -0.25) is 9.10 Å². The highest BCUT2D eigenvalue weighted by atomic mass is 32.2. The molecule has 0 bridgehead atoms. The largest absolute Gasteiger partial charge is 0.494 e. The molecule has 0 saturated heterocycles. The van der Waals surface area contributed by atoms with E-state index in [0.29, 0.717) is 18.0 Å². The Morgan fingerprint density at radius 2 is 1.62 bits per heavy atom. The summed E-state index contributed by atoms with van der Waals surface area (Å²) in [6.45, 7) is 9.89. The van der Waals surface area contributed by atoms with Gasteiger partial charge in [0.05, 0.1) is 17.2 Å². The van der Waals surface area contributed by atoms with Gasteiger partial charge < -0.3 is 10.1 Å². The van der Waals surface area contributed by atoms with Crippen LogP contribution in [0.1, 0.15) is 33.3 Å². The summed E-state index contributed by atoms with van der Waals surface area (Å²) in [6.07, 6.45) is 0. The zero-order chi connectivity index (χ0) is 21.6. The molecule has 2 aromatic carbocycles. The van der Waals surface area contributed by atoms with E-state index in [2.05, 4.69) is 5.32 Å². The maximum absolute atomic E-state index is 13.3. The molecule has 158 valence electrons. The van der Waals surface area contributed by atoms with Crippen molar-refractivity contribution < 1.29 is 17.9 Å². The average Bonchev–Trinajstić information content (AvgIpc) is 2.67. The Morgan fingerprint density at radius 1 is 1.03 bits per heavy atom. The second-order valence-electron chi connectivity index (χ2n) is 7.35. The summed E-state index contributed by atoms with van der Waals surface area (Å²) < 4.78 is 33.2. The number of anilines is 1. The van der Waals surface area contributed by atoms with Crippen LogP contribution in [-0.4, -0.2) is 33.5 Å². The first-order chi connectivity index (χ1) is 13.6. The number of hydrogen-bond donors (Lipinski definition) is 1. The maximum Gasteiger partial charge on any atom is 0.264 e. The number of ether oxygens (including phenoxy) is 1. The Hall–Kier alpha value is -2.54. The highest BCUT2D eigenvalue weighted by Crippen LogP contribution is 2.25. The SMILES string of the molecule is CCOc1ccc(S(=O)(=O)N(CC(=O)N[C@@H](C)C(C)C)c2ccc(C)cc2)cc1. The molecule has 0 heterocycles. The van der Waals surface area contributed by atoms with Crippen molar-refractivity contribution in [1.29, 1.82) is 0 Å². The lowest BCUT2D eigenvalue weighted by Crippen LogP contribution is -2.45. The zero-order valence-electron chi connectivity index (χ0n) is 17.7. The molecule has 0 aromatic heterocycles. The minimum Gasteiger partial charge on any atom is -0.494 e. The fourth-order valence-corrected chi connectivity index (χ4v) is 4.05. The van der Waals surface area contributed by atoms with Crippen molar-refractivity contribution in [3.63, 3.8) is 0 Å². The fourth-order valence-electron chi connectivity index (χ4n) is 2.62. The minimum atomic E-state index is -3.93. The first kappa shape index (κ1) is 22.7. The van der Waals surface area contributed by atoms with E-state index in [-0.39, 0.29) is 29.3 Å². The molecular weight excluding hydrogens is 388 g/mol. The van der Waals surface area contributed by atoms with Crippen LogP contribution in [0.25, 0.3) is 0 Å². The van der Waals surface area contributed by atoms with Crippen LogP contribution in [0.3, 0.4) is 0 Å². The molecule has 0 fully saturated rings. The standard InChI is InChI=1S/C22H30N2O4S/c1-6-28-20-11-13-21(14-12-20)29(26,27)24(19-9-7-17(4)8-10-19)15-22(25)23-18(5)16(2)3/h7-14,16,18H,6,15H2,1-5H3,(H,23,25)/t18-/m0/s1. The summed E-state index contributed by atoms with van der Waals surface area (Å²) in [5.41, 5.74) is 1.45. The summed E-state index contributed by atoms with van der Waals surface area (Å²) in [7, 11) is -3.93. The number of nitrogens with one attached hydrogen (secondary N) is 1. The first-order valence-electron chi connectivity index (χ1n) is 9.76. The molecule has 6 nitrogen and oxygen atoms in total. The van der Waals surface area contributed by atoms with E-state index >= 15 is 0 Å². The van der Waals surface area contributed by atoms with E-state index < -0.39 is 10.0 Å². The number of carbonyl (C=O) groups excluding carboxylic acids is 1. The summed E-state index contributed by atoms with van der Waals surface area (Å²) in [4.78, 5) is 12.7. The topological polar surface area (TPSA) is 75.7 Å². The third-order valence-electron chi connectivity index (χ3n) is 4.72. The van der Waals surface area contributed by atoms with E-state index in [1.807, 2.05) is 46.8 Å². The normalized spacial score (nSPS) is 12.5. The average molecular weight is 419 g/mol. The number of carbonyl (C=O) groups is 1. The third kappa shape index (κ3) is 5.97. The molecule has 1 amide bonds. The van der Waals surface area contributed by atoms with Gasteiger partial charge in [0.2, 0.25) is 5.91 Å². The molecule has 29 heavy (non-hydrogen) atoms. The summed E-state index contributed by atoms with van der Waals surface area (Å²) in [5.74, 6) is 0.493. The van der Waals surface area contributed by atoms with Crippen LogP contribution < -0.4 is 14.4 Å². The number of amides is 1. The Bertz CT molecular complexity index is 907. The van der Waals surface area contributed by atoms with Crippen LogP contribution in [0, 0.1) is 12.8 Å². The molecule has 1 N–H and O–H groups in total. The zero-order valence-corrected chi connectivity index (χ0v) is 18.5. The molecule has 0 saturated carbocycles. The Morgan fingerprint density at radius 3 is 2.14 bits per heavy atom. The number of aryl methyl sites for hydroxylation is 1. The monoisotopic (exact) mass is 418 g/mol. The van der Waals surface area contributed by atoms with E-state index in [0.717, 1.165) is 9.87 Å². The fraction of sp³-hybridized carbons (Fsp3) is 0.409. The Balaban J connectivity index is 2.37. The van der Waals surface area contributed by atoms with Gasteiger partial charge in [-0.1, -0.05) is 31.5 Å². The quantitative estimate of drug-likeness (QED) is 0.673. The van der Waals surface area contributed by atoms with Crippen molar-refractivity contribution in [3.05, 3.63) is 54.1 Å². The molecule has 2 rings (SSSR count). The van der Waals surface area contributed by atoms with Crippen LogP contribution >= 0.6 is 0 Å². The second kappa shape index (κ2) is 9.78. The van der Waals surface area contributed by atoms with Crippen LogP contribution in [0.4, 0.5) is 5.69 Å². The van der Waals surface area contributed by atoms with Crippen LogP contribution in [-0.2, 0) is 14.8 Å². The van der Waals surface area contributed by atoms with Crippen LogP contribution in [0.15, 0.2) is 53.4 Å². The minimum absolute atomic E-state index is 0.0597. The van der Waals surface area contributed by atoms with E-state index in [1.54, 1.807) is 24.3 Å². The number of nitrogens with zero attached hydrogens (tertiary/aromatic N) is 1. The molecule has 0 aliphatic rings. The molecule has 0 unspecified atom stereocenters. The maximum atomic E-state index is 13.3. The lowest BCUT2D eigenvalue weighted by Gasteiger charge is -2.26. The van der Waals surface area contributed by atoms with Crippen LogP contribution in [0.5, 0.6) is 5.75 Å². The van der Waals surface area contributed by atoms with E-state index in [4.69, 9.17) is 4.74 Å². The number of hydrogen-bond acceptors (Lipinski definition) is 4. The van der Waals surface area contributed by atoms with Gasteiger partial charge in [-0.05, 0) is 63.1 Å². The number of sulfonamides is 1. The molecule has 0 aliphatic heterocycles. The Labute approximate surface area is 173 Å². The predicted molar refractivity (Wildman–Crippen MR) is 116 cm³/mol. The number of rotatable bonds is 9. The third-order valence-corrected chi connectivity index (χ3v) is 6.51. The van der Waals surface area contributed by atoms with Gasteiger partial charge in [0, 0.05) is 6.04 Å². The summed E-state index contributed by atoms with van der Waals surface area (Å²) >= 11 is 0. The van der Waals surface area contributed by atoms with Gasteiger partial charge in [0.15, 0.2) is 0 Å². The van der Waals surface area contributed by atoms with E-state index in [9.17, 15) is 13.2 Å². The van der Waals surface area contributed by atoms with Gasteiger partial charge in [0.25, 0.3) is 10.0 Å². The van der Waals surface area contributed by atoms with Gasteiger partial charge in [-0.25, -0.2) is 8.42 Å². The number of benzene rings is 2. The smallest absolute Gasteiger partial charge is 0.264 e. The van der Waals surface area contributed by atoms with Crippen molar-refractivity contribution in [3.8, 4) is 5.75 Å². The van der Waals surface area contributed by atoms with Gasteiger partial charge in [0.1, 0.15) is 12.3 Å². The van der Waals surface area contributed by atoms with Crippen molar-refractivity contribution in [2.45, 2.75) is 45.6 Å². The second-order valence-corrected chi connectivity index (χ2v) is 9.21. The molecule has 0 radical (unpaired) electrons. The van der Waals surface area contributed by atoms with Crippen molar-refractivity contribution >= 4 is 21.6 Å². The van der Waals surface area contributed by atoms with Crippen LogP contribution in [0.2, 0.25) is 0 Å². The highest BCUT2D eigenvalue weighted by Gasteiger charge is 2.28. The van der Waals surface area contributed by atoms with Crippen molar-refractivity contribution in [2.24, 2.45) is 5.92 Å². The van der Waals surface area contributed by atoms with Gasteiger partial charge >= 0.3 is 0 Å². The molecular formula is C22H30N2O4S.